The Kier molecular flexibility index (Phi) is 3.99. The quantitative estimate of drug-likeness (QED) is 0.861. The lowest BCUT2D eigenvalue weighted by atomic mass is 10.2. The van der Waals surface area contributed by atoms with Crippen molar-refractivity contribution in [1.29, 1.82) is 0 Å². The fraction of sp³-hybridized carbons (Fsp3) is 0.0769. The van der Waals surface area contributed by atoms with Crippen LogP contribution in [0, 0.1) is 5.82 Å². The lowest BCUT2D eigenvalue weighted by Gasteiger charge is -2.07. The van der Waals surface area contributed by atoms with Crippen molar-refractivity contribution in [2.75, 3.05) is 12.4 Å². The van der Waals surface area contributed by atoms with Crippen molar-refractivity contribution in [1.82, 2.24) is 9.97 Å². The summed E-state index contributed by atoms with van der Waals surface area (Å²) in [4.78, 5) is 31.1. The second-order valence-electron chi connectivity index (χ2n) is 3.71. The molecule has 0 saturated heterocycles. The van der Waals surface area contributed by atoms with Gasteiger partial charge < -0.3 is 10.1 Å². The highest BCUT2D eigenvalue weighted by molar-refractivity contribution is 6.06. The summed E-state index contributed by atoms with van der Waals surface area (Å²) in [5.74, 6) is -1.71. The number of aromatic nitrogens is 2. The van der Waals surface area contributed by atoms with Crippen molar-refractivity contribution < 1.29 is 18.7 Å². The first-order valence-corrected chi connectivity index (χ1v) is 5.58. The van der Waals surface area contributed by atoms with Crippen LogP contribution in [0.3, 0.4) is 0 Å². The molecule has 7 heteroatoms. The van der Waals surface area contributed by atoms with E-state index < -0.39 is 17.7 Å². The van der Waals surface area contributed by atoms with Gasteiger partial charge in [0.15, 0.2) is 11.5 Å². The van der Waals surface area contributed by atoms with E-state index in [4.69, 9.17) is 0 Å². The summed E-state index contributed by atoms with van der Waals surface area (Å²) in [5.41, 5.74) is 0.123. The molecule has 6 nitrogen and oxygen atoms in total. The van der Waals surface area contributed by atoms with Crippen LogP contribution in [0.15, 0.2) is 36.7 Å². The Morgan fingerprint density at radius 1 is 1.15 bits per heavy atom. The van der Waals surface area contributed by atoms with Crippen LogP contribution < -0.4 is 5.32 Å². The molecule has 2 aromatic rings. The van der Waals surface area contributed by atoms with Crippen LogP contribution >= 0.6 is 0 Å². The summed E-state index contributed by atoms with van der Waals surface area (Å²) in [5, 5.41) is 2.43. The average molecular weight is 275 g/mol. The minimum Gasteiger partial charge on any atom is -0.464 e. The molecule has 0 unspecified atom stereocenters. The summed E-state index contributed by atoms with van der Waals surface area (Å²) in [6.07, 6.45) is 2.63. The van der Waals surface area contributed by atoms with E-state index in [1.54, 1.807) is 0 Å². The van der Waals surface area contributed by atoms with Gasteiger partial charge in [0.1, 0.15) is 5.82 Å². The van der Waals surface area contributed by atoms with Crippen LogP contribution in [0.4, 0.5) is 10.2 Å². The summed E-state index contributed by atoms with van der Waals surface area (Å²) < 4.78 is 17.3. The van der Waals surface area contributed by atoms with Crippen molar-refractivity contribution in [3.8, 4) is 0 Å². The highest BCUT2D eigenvalue weighted by Crippen LogP contribution is 2.12. The van der Waals surface area contributed by atoms with Gasteiger partial charge in [-0.2, -0.15) is 0 Å². The molecule has 102 valence electrons. The summed E-state index contributed by atoms with van der Waals surface area (Å²) in [6.45, 7) is 0. The number of nitrogens with zero attached hydrogens (tertiary/aromatic N) is 2. The number of halogens is 1. The number of rotatable bonds is 3. The molecule has 1 aromatic carbocycles. The van der Waals surface area contributed by atoms with Gasteiger partial charge in [0.25, 0.3) is 5.91 Å². The van der Waals surface area contributed by atoms with E-state index in [1.807, 2.05) is 0 Å². The molecule has 1 heterocycles. The summed E-state index contributed by atoms with van der Waals surface area (Å²) >= 11 is 0. The number of carbonyl (C=O) groups is 2. The number of esters is 1. The largest absolute Gasteiger partial charge is 0.464 e. The molecule has 0 atom stereocenters. The molecule has 1 N–H and O–H groups in total. The predicted molar refractivity (Wildman–Crippen MR) is 67.7 cm³/mol. The molecule has 2 rings (SSSR count). The minimum absolute atomic E-state index is 0.0197. The molecule has 0 saturated carbocycles. The van der Waals surface area contributed by atoms with Crippen molar-refractivity contribution in [3.05, 3.63) is 53.7 Å². The predicted octanol–water partition coefficient (Wildman–Crippen LogP) is 1.65. The van der Waals surface area contributed by atoms with Crippen LogP contribution in [0.1, 0.15) is 20.8 Å². The maximum absolute atomic E-state index is 12.8. The number of carbonyl (C=O) groups excluding carboxylic acids is 2. The zero-order valence-corrected chi connectivity index (χ0v) is 10.5. The number of amides is 1. The van der Waals surface area contributed by atoms with E-state index >= 15 is 0 Å². The van der Waals surface area contributed by atoms with Crippen molar-refractivity contribution in [2.24, 2.45) is 0 Å². The standard InChI is InChI=1S/C13H10FN3O3/c1-20-13(19)10-11(16-7-6-15-10)17-12(18)8-2-4-9(14)5-3-8/h2-7H,1H3,(H,16,17,18). The van der Waals surface area contributed by atoms with Gasteiger partial charge in [-0.1, -0.05) is 0 Å². The number of hydrogen-bond acceptors (Lipinski definition) is 5. The third kappa shape index (κ3) is 2.94. The Balaban J connectivity index is 2.24. The van der Waals surface area contributed by atoms with Gasteiger partial charge in [0, 0.05) is 18.0 Å². The third-order valence-corrected chi connectivity index (χ3v) is 2.42. The van der Waals surface area contributed by atoms with Crippen LogP contribution in [0.2, 0.25) is 0 Å². The highest BCUT2D eigenvalue weighted by atomic mass is 19.1. The number of benzene rings is 1. The lowest BCUT2D eigenvalue weighted by Crippen LogP contribution is -2.17. The first-order valence-electron chi connectivity index (χ1n) is 5.58. The fourth-order valence-corrected chi connectivity index (χ4v) is 1.46. The number of ether oxygens (including phenoxy) is 1. The van der Waals surface area contributed by atoms with Crippen LogP contribution in [0.5, 0.6) is 0 Å². The Morgan fingerprint density at radius 2 is 1.80 bits per heavy atom. The van der Waals surface area contributed by atoms with Crippen LogP contribution in [-0.4, -0.2) is 29.0 Å². The second kappa shape index (κ2) is 5.87. The van der Waals surface area contributed by atoms with Crippen molar-refractivity contribution in [2.45, 2.75) is 0 Å². The Bertz CT molecular complexity index is 644. The monoisotopic (exact) mass is 275 g/mol. The van der Waals surface area contributed by atoms with Gasteiger partial charge in [-0.15, -0.1) is 0 Å². The first-order chi connectivity index (χ1) is 9.61. The second-order valence-corrected chi connectivity index (χ2v) is 3.71. The molecule has 1 amide bonds. The van der Waals surface area contributed by atoms with E-state index in [-0.39, 0.29) is 17.1 Å². The summed E-state index contributed by atoms with van der Waals surface area (Å²) in [6, 6.07) is 4.96. The van der Waals surface area contributed by atoms with Crippen molar-refractivity contribution in [3.63, 3.8) is 0 Å². The number of methoxy groups -OCH3 is 1. The fourth-order valence-electron chi connectivity index (χ4n) is 1.46. The highest BCUT2D eigenvalue weighted by Gasteiger charge is 2.17. The number of hydrogen-bond donors (Lipinski definition) is 1. The van der Waals surface area contributed by atoms with E-state index in [2.05, 4.69) is 20.0 Å². The third-order valence-electron chi connectivity index (χ3n) is 2.42. The molecular formula is C13H10FN3O3. The van der Waals surface area contributed by atoms with Gasteiger partial charge in [-0.25, -0.2) is 19.2 Å². The molecule has 0 aliphatic rings. The van der Waals surface area contributed by atoms with E-state index in [1.165, 1.54) is 31.6 Å². The summed E-state index contributed by atoms with van der Waals surface area (Å²) in [7, 11) is 1.20. The van der Waals surface area contributed by atoms with E-state index in [0.29, 0.717) is 0 Å². The molecule has 0 spiro atoms. The molecule has 0 fully saturated rings. The molecule has 1 aromatic heterocycles. The zero-order chi connectivity index (χ0) is 14.5. The Hall–Kier alpha value is -2.83. The molecule has 0 aliphatic carbocycles. The molecule has 0 bridgehead atoms. The van der Waals surface area contributed by atoms with Gasteiger partial charge >= 0.3 is 5.97 Å². The average Bonchev–Trinajstić information content (AvgIpc) is 2.47. The smallest absolute Gasteiger partial charge is 0.360 e. The van der Waals surface area contributed by atoms with Gasteiger partial charge in [0.05, 0.1) is 7.11 Å². The maximum Gasteiger partial charge on any atom is 0.360 e. The first kappa shape index (κ1) is 13.6. The topological polar surface area (TPSA) is 81.2 Å². The Labute approximate surface area is 113 Å². The van der Waals surface area contributed by atoms with Crippen LogP contribution in [-0.2, 0) is 4.74 Å². The van der Waals surface area contributed by atoms with Gasteiger partial charge in [-0.3, -0.25) is 4.79 Å². The lowest BCUT2D eigenvalue weighted by molar-refractivity contribution is 0.0595. The molecule has 20 heavy (non-hydrogen) atoms. The van der Waals surface area contributed by atoms with E-state index in [9.17, 15) is 14.0 Å². The van der Waals surface area contributed by atoms with E-state index in [0.717, 1.165) is 12.1 Å². The molecule has 0 aliphatic heterocycles. The zero-order valence-electron chi connectivity index (χ0n) is 10.5. The maximum atomic E-state index is 12.8. The van der Waals surface area contributed by atoms with Gasteiger partial charge in [-0.05, 0) is 24.3 Å². The number of nitrogens with one attached hydrogen (secondary N) is 1. The van der Waals surface area contributed by atoms with Crippen molar-refractivity contribution >= 4 is 17.7 Å². The molecule has 0 radical (unpaired) electrons. The normalized spacial score (nSPS) is 9.90. The minimum atomic E-state index is -0.715. The molecular weight excluding hydrogens is 265 g/mol. The van der Waals surface area contributed by atoms with Crippen LogP contribution in [0.25, 0.3) is 0 Å². The number of anilines is 1. The Morgan fingerprint density at radius 3 is 2.45 bits per heavy atom. The SMILES string of the molecule is COC(=O)c1nccnc1NC(=O)c1ccc(F)cc1. The van der Waals surface area contributed by atoms with Gasteiger partial charge in [0.2, 0.25) is 0 Å².